The molecule has 254 valence electrons. The number of fused-ring (bicyclic) bond motifs is 2. The summed E-state index contributed by atoms with van der Waals surface area (Å²) >= 11 is 0. The summed E-state index contributed by atoms with van der Waals surface area (Å²) < 4.78 is 8.67. The van der Waals surface area contributed by atoms with Gasteiger partial charge in [0.15, 0.2) is 13.9 Å². The Bertz CT molecular complexity index is 1890. The van der Waals surface area contributed by atoms with Gasteiger partial charge in [-0.3, -0.25) is 14.3 Å². The number of amides is 2. The number of aromatic nitrogens is 3. The van der Waals surface area contributed by atoms with Crippen molar-refractivity contribution in [3.63, 3.8) is 0 Å². The lowest BCUT2D eigenvalue weighted by atomic mass is 9.82. The van der Waals surface area contributed by atoms with Crippen molar-refractivity contribution in [2.24, 2.45) is 11.0 Å². The minimum absolute atomic E-state index is 0.00133. The summed E-state index contributed by atoms with van der Waals surface area (Å²) in [6.45, 7) is 6.65. The minimum Gasteiger partial charge on any atom is -0.432 e. The summed E-state index contributed by atoms with van der Waals surface area (Å²) in [4.78, 5) is 41.3. The van der Waals surface area contributed by atoms with Gasteiger partial charge in [0, 0.05) is 55.6 Å². The molecule has 1 fully saturated rings. The summed E-state index contributed by atoms with van der Waals surface area (Å²) in [5.74, 6) is -0.511. The van der Waals surface area contributed by atoms with Crippen molar-refractivity contribution in [1.29, 1.82) is 0 Å². The maximum Gasteiger partial charge on any atom is 0.264 e. The molecule has 4 aromatic rings. The number of para-hydroxylation sites is 1. The first-order chi connectivity index (χ1) is 23.6. The van der Waals surface area contributed by atoms with Crippen LogP contribution in [0.1, 0.15) is 48.6 Å². The van der Waals surface area contributed by atoms with Gasteiger partial charge in [-0.25, -0.2) is 5.01 Å². The molecule has 49 heavy (non-hydrogen) atoms. The van der Waals surface area contributed by atoms with E-state index >= 15 is 0 Å². The second-order valence-corrected chi connectivity index (χ2v) is 17.8. The Kier molecular flexibility index (Phi) is 8.82. The molecular weight excluding hydrogens is 637 g/mol. The topological polar surface area (TPSA) is 133 Å². The first kappa shape index (κ1) is 33.0. The average molecular weight is 679 g/mol. The Labute approximate surface area is 286 Å². The first-order valence-corrected chi connectivity index (χ1v) is 20.0. The zero-order valence-electron chi connectivity index (χ0n) is 28.1. The van der Waals surface area contributed by atoms with Gasteiger partial charge in [-0.15, -0.1) is 5.10 Å². The average Bonchev–Trinajstić information content (AvgIpc) is 3.74. The standard InChI is InChI=1S/C37H42N6O5Si/c1-25-35(49(2,3)47)33(18-20-41-24-28(19-21-44)38-40-41)48-37(25)30-14-7-8-15-32(30)42(36(37)46)23-26-10-9-13-29(22-26)43-34(45)17-16-31(39-43)27-11-5-4-6-12-27/h4-15,22,24-25,33,35,44,47H,16-21,23H2,1-3H3/t25-,33+,35-,37+/m0/s1. The molecule has 4 heterocycles. The van der Waals surface area contributed by atoms with E-state index in [1.165, 1.54) is 5.01 Å². The van der Waals surface area contributed by atoms with Crippen molar-refractivity contribution in [3.8, 4) is 0 Å². The molecule has 0 saturated carbocycles. The van der Waals surface area contributed by atoms with E-state index in [1.54, 1.807) is 9.58 Å². The van der Waals surface area contributed by atoms with Crippen molar-refractivity contribution in [1.82, 2.24) is 15.0 Å². The third-order valence-corrected chi connectivity index (χ3v) is 12.6. The Morgan fingerprint density at radius 2 is 1.78 bits per heavy atom. The van der Waals surface area contributed by atoms with Crippen molar-refractivity contribution < 1.29 is 24.2 Å². The molecule has 2 amide bonds. The van der Waals surface area contributed by atoms with Crippen LogP contribution in [0.15, 0.2) is 90.2 Å². The number of ether oxygens (including phenoxy) is 1. The third kappa shape index (κ3) is 6.03. The van der Waals surface area contributed by atoms with E-state index in [1.807, 2.05) is 105 Å². The number of nitrogens with zero attached hydrogens (tertiary/aromatic N) is 6. The van der Waals surface area contributed by atoms with Gasteiger partial charge in [-0.1, -0.05) is 72.8 Å². The van der Waals surface area contributed by atoms with Crippen LogP contribution in [0.2, 0.25) is 18.6 Å². The number of hydrogen-bond acceptors (Lipinski definition) is 8. The summed E-state index contributed by atoms with van der Waals surface area (Å²) in [7, 11) is -2.82. The molecule has 3 aromatic carbocycles. The molecule has 3 aliphatic rings. The molecule has 0 bridgehead atoms. The van der Waals surface area contributed by atoms with E-state index in [-0.39, 0.29) is 42.5 Å². The molecule has 4 atom stereocenters. The predicted molar refractivity (Wildman–Crippen MR) is 188 cm³/mol. The molecule has 1 aromatic heterocycles. The normalized spacial score (nSPS) is 23.8. The number of rotatable bonds is 10. The largest absolute Gasteiger partial charge is 0.432 e. The minimum atomic E-state index is -2.82. The van der Waals surface area contributed by atoms with E-state index in [4.69, 9.17) is 9.84 Å². The molecule has 0 aliphatic carbocycles. The van der Waals surface area contributed by atoms with Crippen LogP contribution in [0.5, 0.6) is 0 Å². The van der Waals surface area contributed by atoms with Gasteiger partial charge < -0.3 is 19.5 Å². The number of aliphatic hydroxyl groups excluding tert-OH is 1. The van der Waals surface area contributed by atoms with Gasteiger partial charge in [-0.05, 0) is 48.8 Å². The molecular formula is C37H42N6O5Si. The Hall–Kier alpha value is -4.49. The van der Waals surface area contributed by atoms with E-state index in [9.17, 15) is 19.5 Å². The zero-order valence-corrected chi connectivity index (χ0v) is 29.1. The van der Waals surface area contributed by atoms with Crippen LogP contribution >= 0.6 is 0 Å². The van der Waals surface area contributed by atoms with Crippen molar-refractivity contribution in [3.05, 3.63) is 107 Å². The van der Waals surface area contributed by atoms with Crippen molar-refractivity contribution >= 4 is 37.2 Å². The second kappa shape index (κ2) is 13.1. The van der Waals surface area contributed by atoms with Gasteiger partial charge in [0.05, 0.1) is 35.4 Å². The fourth-order valence-corrected chi connectivity index (χ4v) is 10.6. The quantitative estimate of drug-likeness (QED) is 0.231. The van der Waals surface area contributed by atoms with E-state index in [2.05, 4.69) is 10.3 Å². The molecule has 12 heteroatoms. The fraction of sp³-hybridized carbons (Fsp3) is 0.378. The van der Waals surface area contributed by atoms with Gasteiger partial charge in [0.2, 0.25) is 5.91 Å². The highest BCUT2D eigenvalue weighted by Gasteiger charge is 2.66. The monoisotopic (exact) mass is 678 g/mol. The highest BCUT2D eigenvalue weighted by Crippen LogP contribution is 2.59. The molecule has 2 N–H and O–H groups in total. The number of aryl methyl sites for hydroxylation is 1. The Morgan fingerprint density at radius 3 is 2.55 bits per heavy atom. The molecule has 11 nitrogen and oxygen atoms in total. The smallest absolute Gasteiger partial charge is 0.264 e. The van der Waals surface area contributed by atoms with Crippen LogP contribution in [0, 0.1) is 5.92 Å². The highest BCUT2D eigenvalue weighted by atomic mass is 28.4. The molecule has 1 spiro atoms. The van der Waals surface area contributed by atoms with E-state index in [0.29, 0.717) is 43.6 Å². The van der Waals surface area contributed by atoms with Crippen LogP contribution < -0.4 is 9.91 Å². The van der Waals surface area contributed by atoms with Crippen molar-refractivity contribution in [2.75, 3.05) is 16.5 Å². The molecule has 1 saturated heterocycles. The molecule has 3 aliphatic heterocycles. The lowest BCUT2D eigenvalue weighted by Crippen LogP contribution is -2.46. The van der Waals surface area contributed by atoms with Gasteiger partial charge in [0.1, 0.15) is 0 Å². The number of aliphatic hydroxyl groups is 1. The van der Waals surface area contributed by atoms with Gasteiger partial charge >= 0.3 is 0 Å². The van der Waals surface area contributed by atoms with Crippen LogP contribution in [0.4, 0.5) is 11.4 Å². The summed E-state index contributed by atoms with van der Waals surface area (Å²) in [5, 5.41) is 23.8. The molecule has 0 radical (unpaired) electrons. The lowest BCUT2D eigenvalue weighted by molar-refractivity contribution is -0.146. The lowest BCUT2D eigenvalue weighted by Gasteiger charge is -2.32. The first-order valence-electron chi connectivity index (χ1n) is 17.0. The van der Waals surface area contributed by atoms with Gasteiger partial charge in [0.25, 0.3) is 5.91 Å². The highest BCUT2D eigenvalue weighted by molar-refractivity contribution is 6.71. The molecule has 7 rings (SSSR count). The number of anilines is 2. The van der Waals surface area contributed by atoms with Gasteiger partial charge in [-0.2, -0.15) is 5.10 Å². The fourth-order valence-electron chi connectivity index (χ4n) is 7.96. The zero-order chi connectivity index (χ0) is 34.3. The summed E-state index contributed by atoms with van der Waals surface area (Å²) in [6, 6.07) is 25.3. The van der Waals surface area contributed by atoms with Crippen LogP contribution in [0.25, 0.3) is 0 Å². The maximum absolute atomic E-state index is 14.8. The van der Waals surface area contributed by atoms with E-state index < -0.39 is 13.9 Å². The predicted octanol–water partition coefficient (Wildman–Crippen LogP) is 4.78. The Morgan fingerprint density at radius 1 is 1.00 bits per heavy atom. The van der Waals surface area contributed by atoms with Crippen LogP contribution in [0.3, 0.4) is 0 Å². The van der Waals surface area contributed by atoms with Crippen LogP contribution in [-0.2, 0) is 39.4 Å². The number of carbonyl (C=O) groups excluding carboxylic acids is 2. The maximum atomic E-state index is 14.8. The number of carbonyl (C=O) groups is 2. The third-order valence-electron chi connectivity index (χ3n) is 10.1. The number of hydrazone groups is 1. The number of benzene rings is 3. The van der Waals surface area contributed by atoms with Crippen LogP contribution in [-0.4, -0.2) is 63.5 Å². The second-order valence-electron chi connectivity index (χ2n) is 13.8. The number of hydrogen-bond donors (Lipinski definition) is 2. The van der Waals surface area contributed by atoms with Crippen molar-refractivity contribution in [2.45, 2.75) is 76.0 Å². The van der Waals surface area contributed by atoms with E-state index in [0.717, 1.165) is 28.1 Å². The Balaban J connectivity index is 1.18. The summed E-state index contributed by atoms with van der Waals surface area (Å²) in [5.41, 5.74) is 4.19. The summed E-state index contributed by atoms with van der Waals surface area (Å²) in [6.07, 6.45) is 3.35. The SMILES string of the molecule is C[C@H]1[C@H]([Si](C)(C)O)[C@@H](CCn2cc(CCO)nn2)O[C@]12C(=O)N(Cc1cccc(N3N=C(c4ccccc4)CCC3=O)c1)c1ccccc12. The molecule has 0 unspecified atom stereocenters.